The van der Waals surface area contributed by atoms with Gasteiger partial charge in [0.05, 0.1) is 25.6 Å². The Bertz CT molecular complexity index is 824. The Hall–Kier alpha value is -2.69. The first-order valence-corrected chi connectivity index (χ1v) is 7.05. The summed E-state index contributed by atoms with van der Waals surface area (Å²) in [6, 6.07) is 7.82. The summed E-state index contributed by atoms with van der Waals surface area (Å²) in [6.07, 6.45) is 4.74. The summed E-state index contributed by atoms with van der Waals surface area (Å²) >= 11 is 0. The highest BCUT2D eigenvalue weighted by Crippen LogP contribution is 2.28. The number of nitrogens with two attached hydrogens (primary N) is 1. The number of benzene rings is 1. The van der Waals surface area contributed by atoms with Gasteiger partial charge in [0.2, 0.25) is 0 Å². The van der Waals surface area contributed by atoms with E-state index in [0.717, 1.165) is 34.0 Å². The molecule has 0 bridgehead atoms. The highest BCUT2D eigenvalue weighted by atomic mass is 16.5. The van der Waals surface area contributed by atoms with Crippen molar-refractivity contribution in [2.75, 3.05) is 20.0 Å². The van der Waals surface area contributed by atoms with Crippen molar-refractivity contribution in [3.63, 3.8) is 0 Å². The van der Waals surface area contributed by atoms with E-state index in [1.807, 2.05) is 48.0 Å². The summed E-state index contributed by atoms with van der Waals surface area (Å²) in [5.74, 6) is 1.44. The molecule has 5 heteroatoms. The first-order chi connectivity index (χ1) is 10.6. The molecule has 0 amide bonds. The van der Waals surface area contributed by atoms with E-state index in [-0.39, 0.29) is 0 Å². The topological polar surface area (TPSA) is 61.8 Å². The van der Waals surface area contributed by atoms with E-state index in [1.54, 1.807) is 14.2 Å². The third-order valence-corrected chi connectivity index (χ3v) is 3.60. The lowest BCUT2D eigenvalue weighted by atomic mass is 10.1. The molecule has 2 N–H and O–H groups in total. The van der Waals surface area contributed by atoms with Crippen molar-refractivity contribution in [1.82, 2.24) is 9.38 Å². The van der Waals surface area contributed by atoms with E-state index in [9.17, 15) is 0 Å². The van der Waals surface area contributed by atoms with E-state index in [2.05, 4.69) is 4.98 Å². The van der Waals surface area contributed by atoms with Gasteiger partial charge in [-0.1, -0.05) is 6.07 Å². The number of nitrogens with zero attached hydrogens (tertiary/aromatic N) is 2. The van der Waals surface area contributed by atoms with Crippen molar-refractivity contribution in [2.24, 2.45) is 0 Å². The second-order valence-corrected chi connectivity index (χ2v) is 5.30. The predicted octanol–water partition coefficient (Wildman–Crippen LogP) is 2.83. The van der Waals surface area contributed by atoms with Crippen molar-refractivity contribution in [3.8, 4) is 11.5 Å². The summed E-state index contributed by atoms with van der Waals surface area (Å²) in [5, 5.41) is 0. The first kappa shape index (κ1) is 14.3. The lowest BCUT2D eigenvalue weighted by molar-refractivity contribution is 0.354. The Morgan fingerprint density at radius 1 is 1.09 bits per heavy atom. The molecule has 2 aromatic heterocycles. The average Bonchev–Trinajstić information content (AvgIpc) is 2.89. The van der Waals surface area contributed by atoms with Crippen LogP contribution in [0.25, 0.3) is 5.65 Å². The maximum Gasteiger partial charge on any atom is 0.160 e. The van der Waals surface area contributed by atoms with Gasteiger partial charge in [-0.3, -0.25) is 0 Å². The number of fused-ring (bicyclic) bond motifs is 1. The van der Waals surface area contributed by atoms with Crippen LogP contribution in [-0.4, -0.2) is 23.6 Å². The normalized spacial score (nSPS) is 10.9. The van der Waals surface area contributed by atoms with Crippen LogP contribution in [0.4, 0.5) is 5.69 Å². The molecule has 0 aliphatic carbocycles. The van der Waals surface area contributed by atoms with E-state index in [1.165, 1.54) is 0 Å². The molecule has 3 rings (SSSR count). The van der Waals surface area contributed by atoms with E-state index < -0.39 is 0 Å². The smallest absolute Gasteiger partial charge is 0.160 e. The quantitative estimate of drug-likeness (QED) is 0.804. The molecule has 0 radical (unpaired) electrons. The van der Waals surface area contributed by atoms with Gasteiger partial charge in [0, 0.05) is 18.8 Å². The fourth-order valence-corrected chi connectivity index (χ4v) is 2.61. The molecule has 0 fully saturated rings. The minimum atomic E-state index is 0.693. The molecule has 0 unspecified atom stereocenters. The first-order valence-electron chi connectivity index (χ1n) is 7.05. The zero-order chi connectivity index (χ0) is 15.7. The van der Waals surface area contributed by atoms with Gasteiger partial charge < -0.3 is 19.6 Å². The van der Waals surface area contributed by atoms with Gasteiger partial charge >= 0.3 is 0 Å². The van der Waals surface area contributed by atoms with Crippen LogP contribution in [-0.2, 0) is 6.42 Å². The van der Waals surface area contributed by atoms with Crippen molar-refractivity contribution < 1.29 is 9.47 Å². The van der Waals surface area contributed by atoms with Crippen LogP contribution in [0.3, 0.4) is 0 Å². The number of aromatic nitrogens is 2. The van der Waals surface area contributed by atoms with Gasteiger partial charge in [0.1, 0.15) is 0 Å². The van der Waals surface area contributed by atoms with Gasteiger partial charge in [-0.2, -0.15) is 0 Å². The molecule has 5 nitrogen and oxygen atoms in total. The van der Waals surface area contributed by atoms with Crippen molar-refractivity contribution in [3.05, 3.63) is 53.5 Å². The summed E-state index contributed by atoms with van der Waals surface area (Å²) in [4.78, 5) is 4.61. The van der Waals surface area contributed by atoms with E-state index >= 15 is 0 Å². The fraction of sp³-hybridized carbons (Fsp3) is 0.235. The second kappa shape index (κ2) is 5.60. The van der Waals surface area contributed by atoms with Crippen LogP contribution in [0.1, 0.15) is 16.8 Å². The highest BCUT2D eigenvalue weighted by Gasteiger charge is 2.09. The van der Waals surface area contributed by atoms with Crippen LogP contribution in [0, 0.1) is 6.92 Å². The number of methoxy groups -OCH3 is 2. The molecule has 0 spiro atoms. The molecule has 0 saturated heterocycles. The monoisotopic (exact) mass is 297 g/mol. The third-order valence-electron chi connectivity index (χ3n) is 3.60. The van der Waals surface area contributed by atoms with Gasteiger partial charge in [0.15, 0.2) is 17.1 Å². The lowest BCUT2D eigenvalue weighted by Crippen LogP contribution is -1.94. The third kappa shape index (κ3) is 2.57. The number of hydrogen-bond donors (Lipinski definition) is 1. The SMILES string of the molecule is COc1ccc(Cc2cn3cc(C)cc(N)c3n2)cc1OC. The number of hydrogen-bond acceptors (Lipinski definition) is 4. The summed E-state index contributed by atoms with van der Waals surface area (Å²) < 4.78 is 12.6. The fourth-order valence-electron chi connectivity index (χ4n) is 2.61. The van der Waals surface area contributed by atoms with Crippen molar-refractivity contribution >= 4 is 11.3 Å². The number of pyridine rings is 1. The van der Waals surface area contributed by atoms with Gasteiger partial charge in [0.25, 0.3) is 0 Å². The molecule has 0 aliphatic heterocycles. The average molecular weight is 297 g/mol. The minimum absolute atomic E-state index is 0.693. The number of nitrogen functional groups attached to an aromatic ring is 1. The Morgan fingerprint density at radius 3 is 2.59 bits per heavy atom. The Labute approximate surface area is 129 Å². The largest absolute Gasteiger partial charge is 0.493 e. The van der Waals surface area contributed by atoms with Crippen LogP contribution in [0.5, 0.6) is 11.5 Å². The van der Waals surface area contributed by atoms with Crippen LogP contribution in [0.15, 0.2) is 36.7 Å². The molecule has 114 valence electrons. The van der Waals surface area contributed by atoms with E-state index in [4.69, 9.17) is 15.2 Å². The van der Waals surface area contributed by atoms with Crippen LogP contribution < -0.4 is 15.2 Å². The molecule has 1 aromatic carbocycles. The Balaban J connectivity index is 1.94. The van der Waals surface area contributed by atoms with Gasteiger partial charge in [-0.15, -0.1) is 0 Å². The van der Waals surface area contributed by atoms with Crippen molar-refractivity contribution in [2.45, 2.75) is 13.3 Å². The van der Waals surface area contributed by atoms with Crippen LogP contribution in [0.2, 0.25) is 0 Å². The number of ether oxygens (including phenoxy) is 2. The molecule has 22 heavy (non-hydrogen) atoms. The Morgan fingerprint density at radius 2 is 1.86 bits per heavy atom. The van der Waals surface area contributed by atoms with Crippen LogP contribution >= 0.6 is 0 Å². The standard InChI is InChI=1S/C17H19N3O2/c1-11-6-14(18)17-19-13(10-20(17)9-11)7-12-4-5-15(21-2)16(8-12)22-3/h4-6,8-10H,7,18H2,1-3H3. The molecule has 2 heterocycles. The summed E-state index contributed by atoms with van der Waals surface area (Å²) in [7, 11) is 3.26. The second-order valence-electron chi connectivity index (χ2n) is 5.30. The Kier molecular flexibility index (Phi) is 3.63. The lowest BCUT2D eigenvalue weighted by Gasteiger charge is -2.08. The molecular weight excluding hydrogens is 278 g/mol. The molecule has 0 aliphatic rings. The van der Waals surface area contributed by atoms with Crippen molar-refractivity contribution in [1.29, 1.82) is 0 Å². The maximum atomic E-state index is 6.03. The highest BCUT2D eigenvalue weighted by molar-refractivity contribution is 5.65. The molecule has 0 saturated carbocycles. The van der Waals surface area contributed by atoms with Gasteiger partial charge in [-0.25, -0.2) is 4.98 Å². The minimum Gasteiger partial charge on any atom is -0.493 e. The summed E-state index contributed by atoms with van der Waals surface area (Å²) in [5.41, 5.74) is 10.7. The van der Waals surface area contributed by atoms with Gasteiger partial charge in [-0.05, 0) is 36.2 Å². The number of aryl methyl sites for hydroxylation is 1. The number of rotatable bonds is 4. The molecule has 0 atom stereocenters. The molecule has 3 aromatic rings. The summed E-state index contributed by atoms with van der Waals surface area (Å²) in [6.45, 7) is 2.02. The maximum absolute atomic E-state index is 6.03. The zero-order valence-electron chi connectivity index (χ0n) is 13.0. The van der Waals surface area contributed by atoms with E-state index in [0.29, 0.717) is 12.1 Å². The zero-order valence-corrected chi connectivity index (χ0v) is 13.0. The molecular formula is C17H19N3O2. The number of imidazole rings is 1. The predicted molar refractivity (Wildman–Crippen MR) is 86.7 cm³/mol. The number of anilines is 1.